The number of nitrogens with two attached hydrogens (primary N) is 1. The number of aromatic hydroxyl groups is 1. The number of halogens is 1. The number of hydrogen-bond acceptors (Lipinski definition) is 6. The SMILES string of the molecule is CC/C(C(=N)Nc1cc(-n2nc(C)c(C)c2O)ncn1)=C(/N)c1ccc(F)cc1. The van der Waals surface area contributed by atoms with Gasteiger partial charge in [0, 0.05) is 22.9 Å². The largest absolute Gasteiger partial charge is 0.493 e. The molecule has 9 heteroatoms. The Kier molecular flexibility index (Phi) is 5.58. The highest BCUT2D eigenvalue weighted by molar-refractivity contribution is 6.09. The first kappa shape index (κ1) is 20.0. The van der Waals surface area contributed by atoms with Crippen molar-refractivity contribution in [2.45, 2.75) is 27.2 Å². The minimum atomic E-state index is -0.353. The van der Waals surface area contributed by atoms with Gasteiger partial charge < -0.3 is 16.2 Å². The van der Waals surface area contributed by atoms with Crippen LogP contribution in [-0.4, -0.2) is 30.7 Å². The highest BCUT2D eigenvalue weighted by Crippen LogP contribution is 2.23. The molecule has 0 aliphatic rings. The predicted octanol–water partition coefficient (Wildman–Crippen LogP) is 3.29. The molecule has 0 saturated carbocycles. The van der Waals surface area contributed by atoms with Gasteiger partial charge in [0.15, 0.2) is 5.82 Å². The van der Waals surface area contributed by atoms with E-state index in [0.717, 1.165) is 0 Å². The first-order chi connectivity index (χ1) is 13.8. The molecular weight excluding hydrogens is 373 g/mol. The van der Waals surface area contributed by atoms with Crippen LogP contribution in [0.25, 0.3) is 11.5 Å². The Morgan fingerprint density at radius 3 is 2.52 bits per heavy atom. The highest BCUT2D eigenvalue weighted by atomic mass is 19.1. The molecule has 0 unspecified atom stereocenters. The maximum Gasteiger partial charge on any atom is 0.218 e. The molecule has 1 aromatic carbocycles. The van der Waals surface area contributed by atoms with E-state index < -0.39 is 0 Å². The monoisotopic (exact) mass is 395 g/mol. The summed E-state index contributed by atoms with van der Waals surface area (Å²) in [6.45, 7) is 5.43. The van der Waals surface area contributed by atoms with Crippen molar-refractivity contribution in [3.05, 3.63) is 64.9 Å². The second-order valence-electron chi connectivity index (χ2n) is 6.46. The topological polar surface area (TPSA) is 126 Å². The molecule has 0 bridgehead atoms. The standard InChI is InChI=1S/C20H22FN7O/c1-4-15(18(22)13-5-7-14(21)8-6-13)19(23)26-16-9-17(25-10-24-16)28-20(29)11(2)12(3)27-28/h5-10,29H,4,22H2,1-3H3,(H2,23,24,25,26)/b18-15-. The Balaban J connectivity index is 1.89. The van der Waals surface area contributed by atoms with E-state index in [1.807, 2.05) is 6.92 Å². The summed E-state index contributed by atoms with van der Waals surface area (Å²) >= 11 is 0. The van der Waals surface area contributed by atoms with Gasteiger partial charge in [0.2, 0.25) is 5.88 Å². The first-order valence-electron chi connectivity index (χ1n) is 9.00. The first-order valence-corrected chi connectivity index (χ1v) is 9.00. The number of nitrogens with zero attached hydrogens (tertiary/aromatic N) is 4. The third-order valence-corrected chi connectivity index (χ3v) is 4.59. The van der Waals surface area contributed by atoms with Gasteiger partial charge in [0.1, 0.15) is 23.8 Å². The van der Waals surface area contributed by atoms with Crippen molar-refractivity contribution in [2.24, 2.45) is 5.73 Å². The lowest BCUT2D eigenvalue weighted by atomic mass is 10.0. The number of benzene rings is 1. The van der Waals surface area contributed by atoms with E-state index in [-0.39, 0.29) is 17.5 Å². The van der Waals surface area contributed by atoms with E-state index >= 15 is 0 Å². The van der Waals surface area contributed by atoms with E-state index in [1.165, 1.54) is 23.1 Å². The van der Waals surface area contributed by atoms with Crippen molar-refractivity contribution in [2.75, 3.05) is 5.32 Å². The van der Waals surface area contributed by atoms with Crippen molar-refractivity contribution >= 4 is 17.4 Å². The van der Waals surface area contributed by atoms with Crippen LogP contribution < -0.4 is 11.1 Å². The lowest BCUT2D eigenvalue weighted by molar-refractivity contribution is 0.428. The zero-order chi connectivity index (χ0) is 21.1. The van der Waals surface area contributed by atoms with Crippen LogP contribution >= 0.6 is 0 Å². The molecule has 0 fully saturated rings. The van der Waals surface area contributed by atoms with Crippen molar-refractivity contribution in [3.63, 3.8) is 0 Å². The number of rotatable bonds is 5. The van der Waals surface area contributed by atoms with Crippen LogP contribution in [0.2, 0.25) is 0 Å². The summed E-state index contributed by atoms with van der Waals surface area (Å²) in [5.41, 5.74) is 9.13. The zero-order valence-electron chi connectivity index (χ0n) is 16.4. The number of aryl methyl sites for hydroxylation is 1. The second-order valence-corrected chi connectivity index (χ2v) is 6.46. The molecule has 2 heterocycles. The fraction of sp³-hybridized carbons (Fsp3) is 0.200. The van der Waals surface area contributed by atoms with E-state index in [2.05, 4.69) is 20.4 Å². The van der Waals surface area contributed by atoms with Gasteiger partial charge in [-0.25, -0.2) is 14.4 Å². The molecule has 150 valence electrons. The van der Waals surface area contributed by atoms with E-state index in [1.54, 1.807) is 32.0 Å². The third kappa shape index (κ3) is 4.08. The average molecular weight is 395 g/mol. The third-order valence-electron chi connectivity index (χ3n) is 4.59. The number of nitrogens with one attached hydrogen (secondary N) is 2. The van der Waals surface area contributed by atoms with Crippen LogP contribution in [0.15, 0.2) is 42.2 Å². The van der Waals surface area contributed by atoms with Gasteiger partial charge in [0.25, 0.3) is 0 Å². The Bertz CT molecular complexity index is 1090. The predicted molar refractivity (Wildman–Crippen MR) is 109 cm³/mol. The quantitative estimate of drug-likeness (QED) is 0.388. The van der Waals surface area contributed by atoms with Gasteiger partial charge in [-0.2, -0.15) is 9.78 Å². The molecule has 29 heavy (non-hydrogen) atoms. The van der Waals surface area contributed by atoms with Crippen LogP contribution in [0.5, 0.6) is 5.88 Å². The van der Waals surface area contributed by atoms with E-state index in [9.17, 15) is 9.50 Å². The minimum Gasteiger partial charge on any atom is -0.493 e. The van der Waals surface area contributed by atoms with Gasteiger partial charge in [-0.1, -0.05) is 6.92 Å². The molecular formula is C20H22FN7O. The maximum atomic E-state index is 13.2. The zero-order valence-corrected chi connectivity index (χ0v) is 16.4. The summed E-state index contributed by atoms with van der Waals surface area (Å²) in [6.07, 6.45) is 1.81. The molecule has 0 saturated heterocycles. The summed E-state index contributed by atoms with van der Waals surface area (Å²) in [5.74, 6) is 0.419. The minimum absolute atomic E-state index is 0.00285. The van der Waals surface area contributed by atoms with Gasteiger partial charge in [-0.3, -0.25) is 5.41 Å². The lowest BCUT2D eigenvalue weighted by Crippen LogP contribution is -2.18. The Morgan fingerprint density at radius 1 is 1.24 bits per heavy atom. The van der Waals surface area contributed by atoms with Gasteiger partial charge in [-0.15, -0.1) is 0 Å². The van der Waals surface area contributed by atoms with Gasteiger partial charge in [-0.05, 0) is 50.1 Å². The summed E-state index contributed by atoms with van der Waals surface area (Å²) in [6, 6.07) is 7.36. The van der Waals surface area contributed by atoms with Crippen molar-refractivity contribution in [1.29, 1.82) is 5.41 Å². The molecule has 2 aromatic heterocycles. The summed E-state index contributed by atoms with van der Waals surface area (Å²) < 4.78 is 14.5. The van der Waals surface area contributed by atoms with Crippen LogP contribution in [0.1, 0.15) is 30.2 Å². The lowest BCUT2D eigenvalue weighted by Gasteiger charge is -2.14. The summed E-state index contributed by atoms with van der Waals surface area (Å²) in [5, 5.41) is 25.8. The normalized spacial score (nSPS) is 11.9. The Morgan fingerprint density at radius 2 is 1.93 bits per heavy atom. The van der Waals surface area contributed by atoms with E-state index in [0.29, 0.717) is 46.1 Å². The summed E-state index contributed by atoms with van der Waals surface area (Å²) in [7, 11) is 0. The number of amidine groups is 1. The van der Waals surface area contributed by atoms with Gasteiger partial charge in [0.05, 0.1) is 5.69 Å². The smallest absolute Gasteiger partial charge is 0.218 e. The summed E-state index contributed by atoms with van der Waals surface area (Å²) in [4.78, 5) is 8.26. The molecule has 0 aliphatic carbocycles. The molecule has 0 atom stereocenters. The van der Waals surface area contributed by atoms with Gasteiger partial charge >= 0.3 is 0 Å². The molecule has 5 N–H and O–H groups in total. The van der Waals surface area contributed by atoms with Crippen molar-refractivity contribution < 1.29 is 9.50 Å². The van der Waals surface area contributed by atoms with Crippen LogP contribution in [0.3, 0.4) is 0 Å². The number of anilines is 1. The number of hydrogen-bond donors (Lipinski definition) is 4. The molecule has 8 nitrogen and oxygen atoms in total. The molecule has 0 radical (unpaired) electrons. The van der Waals surface area contributed by atoms with Crippen molar-refractivity contribution in [1.82, 2.24) is 19.7 Å². The van der Waals surface area contributed by atoms with Crippen LogP contribution in [0.4, 0.5) is 10.2 Å². The van der Waals surface area contributed by atoms with Crippen molar-refractivity contribution in [3.8, 4) is 11.7 Å². The molecule has 0 aliphatic heterocycles. The second kappa shape index (κ2) is 8.09. The average Bonchev–Trinajstić information content (AvgIpc) is 2.96. The Labute approximate surface area is 167 Å². The molecule has 0 amide bonds. The number of aromatic nitrogens is 4. The maximum absolute atomic E-state index is 13.2. The Hall–Kier alpha value is -3.75. The molecule has 3 rings (SSSR count). The fourth-order valence-electron chi connectivity index (χ4n) is 2.79. The molecule has 0 spiro atoms. The van der Waals surface area contributed by atoms with E-state index in [4.69, 9.17) is 11.1 Å². The van der Waals surface area contributed by atoms with Crippen LogP contribution in [0, 0.1) is 25.1 Å². The fourth-order valence-corrected chi connectivity index (χ4v) is 2.79. The van der Waals surface area contributed by atoms with Crippen LogP contribution in [-0.2, 0) is 0 Å². The highest BCUT2D eigenvalue weighted by Gasteiger charge is 2.15. The molecule has 3 aromatic rings.